The first-order valence-corrected chi connectivity index (χ1v) is 34.2. The van der Waals surface area contributed by atoms with Gasteiger partial charge in [0.1, 0.15) is 0 Å². The molecule has 4 aliphatic rings. The second-order valence-corrected chi connectivity index (χ2v) is 25.1. The van der Waals surface area contributed by atoms with Gasteiger partial charge >= 0.3 is 0 Å². The van der Waals surface area contributed by atoms with Gasteiger partial charge in [-0.1, -0.05) is 216 Å². The Bertz CT molecular complexity index is 1280. The molecule has 0 aromatic carbocycles. The van der Waals surface area contributed by atoms with Crippen LogP contribution < -0.4 is 16.0 Å². The van der Waals surface area contributed by atoms with E-state index in [1.165, 1.54) is 180 Å². The Labute approximate surface area is 484 Å². The molecule has 0 radical (unpaired) electrons. The van der Waals surface area contributed by atoms with E-state index < -0.39 is 0 Å². The summed E-state index contributed by atoms with van der Waals surface area (Å²) in [7, 11) is 0. The monoisotopic (exact) mass is 1100 g/mol. The summed E-state index contributed by atoms with van der Waals surface area (Å²) in [5, 5.41) is 10.0. The summed E-state index contributed by atoms with van der Waals surface area (Å²) in [6, 6.07) is 0. The van der Waals surface area contributed by atoms with Gasteiger partial charge in [0.15, 0.2) is 12.6 Å². The maximum Gasteiger partial charge on any atom is 0.220 e. The summed E-state index contributed by atoms with van der Waals surface area (Å²) in [6.45, 7) is 24.6. The van der Waals surface area contributed by atoms with E-state index in [4.69, 9.17) is 18.9 Å². The smallest absolute Gasteiger partial charge is 0.220 e. The molecular formula is C68H133N3O7. The predicted molar refractivity (Wildman–Crippen MR) is 331 cm³/mol. The third kappa shape index (κ3) is 37.4. The highest BCUT2D eigenvalue weighted by atomic mass is 16.7. The van der Waals surface area contributed by atoms with E-state index >= 15 is 0 Å². The van der Waals surface area contributed by atoms with Crippen LogP contribution >= 0.6 is 0 Å². The number of nitrogens with one attached hydrogen (secondary N) is 3. The average Bonchev–Trinajstić information content (AvgIpc) is 3.42. The van der Waals surface area contributed by atoms with Gasteiger partial charge in [0, 0.05) is 78.2 Å². The van der Waals surface area contributed by atoms with E-state index in [2.05, 4.69) is 78.3 Å². The number of carbonyl (C=O) groups excluding carboxylic acids is 3. The van der Waals surface area contributed by atoms with E-state index in [0.29, 0.717) is 77.5 Å². The molecule has 3 amide bonds. The third-order valence-corrected chi connectivity index (χ3v) is 17.0. The fourth-order valence-corrected chi connectivity index (χ4v) is 13.2. The van der Waals surface area contributed by atoms with Crippen LogP contribution in [0.3, 0.4) is 0 Å². The zero-order valence-corrected chi connectivity index (χ0v) is 53.4. The van der Waals surface area contributed by atoms with Crippen LogP contribution in [-0.2, 0) is 33.3 Å². The van der Waals surface area contributed by atoms with Gasteiger partial charge in [0.25, 0.3) is 0 Å². The number of rotatable bonds is 51. The van der Waals surface area contributed by atoms with Gasteiger partial charge in [-0.3, -0.25) is 14.4 Å². The predicted octanol–water partition coefficient (Wildman–Crippen LogP) is 18.6. The number of amides is 3. The quantitative estimate of drug-likeness (QED) is 0.0409. The van der Waals surface area contributed by atoms with Crippen LogP contribution in [0.1, 0.15) is 338 Å². The molecular weight excluding hydrogens is 971 g/mol. The Morgan fingerprint density at radius 3 is 0.885 bits per heavy atom. The summed E-state index contributed by atoms with van der Waals surface area (Å²) in [5.74, 6) is 1.01. The highest BCUT2D eigenvalue weighted by molar-refractivity contribution is 5.76. The van der Waals surface area contributed by atoms with Crippen molar-refractivity contribution in [2.75, 3.05) is 46.1 Å². The Kier molecular flexibility index (Phi) is 47.4. The Balaban J connectivity index is 0.00000409. The molecule has 0 aromatic heterocycles. The molecule has 4 bridgehead atoms. The molecule has 0 spiro atoms. The lowest BCUT2D eigenvalue weighted by Gasteiger charge is -2.67. The molecule has 10 heteroatoms. The maximum atomic E-state index is 13.5. The average molecular weight is 1100 g/mol. The van der Waals surface area contributed by atoms with Crippen LogP contribution in [0.2, 0.25) is 0 Å². The SMILES string of the molecule is CCC.CCCC.CCCCCCCCOC(CCC(=O)NCCC12CC3CC(CCNC(=O)CCCC)(C1)CC(CCNC(=O)CCC(OCCCCCCCC)OCCCCCCCC)(C3)C2)OCCCCCCCC. The van der Waals surface area contributed by atoms with Crippen molar-refractivity contribution >= 4 is 17.7 Å². The Morgan fingerprint density at radius 1 is 0.359 bits per heavy atom. The second kappa shape index (κ2) is 49.8. The van der Waals surface area contributed by atoms with Crippen molar-refractivity contribution in [3.05, 3.63) is 0 Å². The molecule has 2 atom stereocenters. The van der Waals surface area contributed by atoms with Crippen LogP contribution in [0.15, 0.2) is 0 Å². The fraction of sp³-hybridized carbons (Fsp3) is 0.956. The molecule has 0 saturated heterocycles. The maximum absolute atomic E-state index is 13.5. The number of ether oxygens (including phenoxy) is 4. The van der Waals surface area contributed by atoms with Gasteiger partial charge in [-0.05, 0) is 112 Å². The molecule has 2 unspecified atom stereocenters. The van der Waals surface area contributed by atoms with Gasteiger partial charge in [-0.15, -0.1) is 0 Å². The van der Waals surface area contributed by atoms with Crippen molar-refractivity contribution in [2.45, 2.75) is 351 Å². The van der Waals surface area contributed by atoms with Crippen molar-refractivity contribution in [3.63, 3.8) is 0 Å². The van der Waals surface area contributed by atoms with Gasteiger partial charge in [0.2, 0.25) is 17.7 Å². The standard InChI is InChI=1S/C61H115N3O7.C4H10.C3H8/c1-6-11-16-20-24-28-43-68-57(69-44-29-25-21-17-12-7-2)35-33-55(66)63-41-38-60-48-53-47-59(50-60,37-40-62-54(65)32-15-10-5)51-61(49-53,52-60)39-42-64-56(67)34-36-58(70-45-30-26-22-18-13-8-3)71-46-31-27-23-19-14-9-4;1-3-4-2;1-3-2/h53,57-58H,6-52H2,1-5H3,(H,62,65)(H,63,66)(H,64,67);3-4H2,1-2H3;3H2,1-2H3. The Morgan fingerprint density at radius 2 is 0.615 bits per heavy atom. The summed E-state index contributed by atoms with van der Waals surface area (Å²) < 4.78 is 25.1. The molecule has 3 N–H and O–H groups in total. The van der Waals surface area contributed by atoms with Crippen LogP contribution in [0.5, 0.6) is 0 Å². The molecule has 0 aliphatic heterocycles. The minimum Gasteiger partial charge on any atom is -0.356 e. The molecule has 4 saturated carbocycles. The third-order valence-electron chi connectivity index (χ3n) is 17.0. The topological polar surface area (TPSA) is 124 Å². The normalized spacial score (nSPS) is 20.1. The molecule has 78 heavy (non-hydrogen) atoms. The minimum atomic E-state index is -0.328. The second-order valence-electron chi connectivity index (χ2n) is 25.1. The molecule has 10 nitrogen and oxygen atoms in total. The van der Waals surface area contributed by atoms with E-state index in [1.54, 1.807) is 0 Å². The van der Waals surface area contributed by atoms with E-state index in [1.807, 2.05) is 0 Å². The number of hydrogen-bond acceptors (Lipinski definition) is 7. The van der Waals surface area contributed by atoms with Crippen LogP contribution in [0.25, 0.3) is 0 Å². The van der Waals surface area contributed by atoms with Crippen molar-refractivity contribution < 1.29 is 33.3 Å². The zero-order valence-electron chi connectivity index (χ0n) is 53.4. The lowest BCUT2D eigenvalue weighted by atomic mass is 9.38. The number of hydrogen-bond donors (Lipinski definition) is 3. The summed E-state index contributed by atoms with van der Waals surface area (Å²) in [4.78, 5) is 39.7. The first-order chi connectivity index (χ1) is 38.0. The van der Waals surface area contributed by atoms with Crippen molar-refractivity contribution in [1.29, 1.82) is 0 Å². The summed E-state index contributed by atoms with van der Waals surface area (Å²) in [5.41, 5.74) is 0.521. The molecule has 0 aromatic rings. The van der Waals surface area contributed by atoms with Gasteiger partial charge in [-0.25, -0.2) is 0 Å². The van der Waals surface area contributed by atoms with E-state index in [9.17, 15) is 14.4 Å². The lowest BCUT2D eigenvalue weighted by molar-refractivity contribution is -0.166. The molecule has 462 valence electrons. The zero-order chi connectivity index (χ0) is 57.3. The van der Waals surface area contributed by atoms with Gasteiger partial charge in [0.05, 0.1) is 0 Å². The molecule has 0 heterocycles. The number of unbranched alkanes of at least 4 members (excludes halogenated alkanes) is 22. The van der Waals surface area contributed by atoms with Crippen LogP contribution in [0, 0.1) is 22.2 Å². The highest BCUT2D eigenvalue weighted by Crippen LogP contribution is 2.72. The lowest BCUT2D eigenvalue weighted by Crippen LogP contribution is -2.58. The largest absolute Gasteiger partial charge is 0.356 e. The van der Waals surface area contributed by atoms with Crippen LogP contribution in [-0.4, -0.2) is 76.4 Å². The van der Waals surface area contributed by atoms with Crippen molar-refractivity contribution in [2.24, 2.45) is 22.2 Å². The van der Waals surface area contributed by atoms with Crippen molar-refractivity contribution in [3.8, 4) is 0 Å². The number of carbonyl (C=O) groups is 3. The Hall–Kier alpha value is -1.75. The van der Waals surface area contributed by atoms with Gasteiger partial charge < -0.3 is 34.9 Å². The minimum absolute atomic E-state index is 0.0934. The van der Waals surface area contributed by atoms with E-state index in [-0.39, 0.29) is 46.5 Å². The van der Waals surface area contributed by atoms with Gasteiger partial charge in [-0.2, -0.15) is 0 Å². The first-order valence-electron chi connectivity index (χ1n) is 34.2. The fourth-order valence-electron chi connectivity index (χ4n) is 13.2. The van der Waals surface area contributed by atoms with E-state index in [0.717, 1.165) is 70.8 Å². The van der Waals surface area contributed by atoms with Crippen molar-refractivity contribution in [1.82, 2.24) is 16.0 Å². The molecule has 4 aliphatic carbocycles. The molecule has 4 rings (SSSR count). The molecule has 4 fully saturated rings. The first kappa shape index (κ1) is 74.3. The summed E-state index contributed by atoms with van der Waals surface area (Å²) in [6.07, 6.45) is 47.3. The highest BCUT2D eigenvalue weighted by Gasteiger charge is 2.62. The van der Waals surface area contributed by atoms with Crippen LogP contribution in [0.4, 0.5) is 0 Å². The summed E-state index contributed by atoms with van der Waals surface area (Å²) >= 11 is 0.